The quantitative estimate of drug-likeness (QED) is 0.375. The van der Waals surface area contributed by atoms with E-state index in [-0.39, 0.29) is 0 Å². The topological polar surface area (TPSA) is 78.9 Å². The van der Waals surface area contributed by atoms with Crippen LogP contribution in [0.3, 0.4) is 0 Å². The molecule has 2 aliphatic rings. The van der Waals surface area contributed by atoms with E-state index >= 15 is 0 Å². The van der Waals surface area contributed by atoms with Crippen molar-refractivity contribution >= 4 is 28.2 Å². The third kappa shape index (κ3) is 4.51. The second-order valence-corrected chi connectivity index (χ2v) is 10.3. The largest absolute Gasteiger partial charge is 0.353 e. The van der Waals surface area contributed by atoms with Crippen molar-refractivity contribution < 1.29 is 0 Å². The maximum Gasteiger partial charge on any atom is 0.162 e. The molecule has 1 aliphatic carbocycles. The van der Waals surface area contributed by atoms with E-state index in [2.05, 4.69) is 64.5 Å². The van der Waals surface area contributed by atoms with Gasteiger partial charge in [0.1, 0.15) is 11.6 Å². The van der Waals surface area contributed by atoms with Gasteiger partial charge in [0, 0.05) is 55.2 Å². The minimum atomic E-state index is 0.467. The normalized spacial score (nSPS) is 16.1. The van der Waals surface area contributed by atoms with Crippen LogP contribution in [0, 0.1) is 6.92 Å². The highest BCUT2D eigenvalue weighted by molar-refractivity contribution is 5.94. The Morgan fingerprint density at radius 1 is 1.03 bits per heavy atom. The fourth-order valence-corrected chi connectivity index (χ4v) is 4.94. The second kappa shape index (κ2) is 9.47. The molecule has 4 heterocycles. The summed E-state index contributed by atoms with van der Waals surface area (Å²) in [5.74, 6) is 3.58. The minimum Gasteiger partial charge on any atom is -0.353 e. The Kier molecular flexibility index (Phi) is 6.01. The van der Waals surface area contributed by atoms with Crippen LogP contribution in [-0.2, 0) is 0 Å². The SMILES string of the molecule is Cc1ccc(C(C)C)cc1Nc1cc(-c2nc(N3CCNCC3)c3c(C4CC4)cncc3n2)ccn1. The van der Waals surface area contributed by atoms with Gasteiger partial charge >= 0.3 is 0 Å². The summed E-state index contributed by atoms with van der Waals surface area (Å²) in [6, 6.07) is 10.6. The highest BCUT2D eigenvalue weighted by Gasteiger charge is 2.29. The summed E-state index contributed by atoms with van der Waals surface area (Å²) in [7, 11) is 0. The summed E-state index contributed by atoms with van der Waals surface area (Å²) in [5, 5.41) is 8.16. The summed E-state index contributed by atoms with van der Waals surface area (Å²) in [5.41, 5.74) is 6.73. The van der Waals surface area contributed by atoms with Gasteiger partial charge in [-0.15, -0.1) is 0 Å². The Morgan fingerprint density at radius 3 is 2.64 bits per heavy atom. The van der Waals surface area contributed by atoms with Crippen molar-refractivity contribution in [3.63, 3.8) is 0 Å². The molecule has 2 N–H and O–H groups in total. The van der Waals surface area contributed by atoms with Gasteiger partial charge in [-0.25, -0.2) is 15.0 Å². The molecule has 1 saturated heterocycles. The van der Waals surface area contributed by atoms with Gasteiger partial charge in [0.05, 0.1) is 11.7 Å². The summed E-state index contributed by atoms with van der Waals surface area (Å²) in [4.78, 5) is 21.7. The van der Waals surface area contributed by atoms with E-state index in [0.29, 0.717) is 17.7 Å². The number of pyridine rings is 2. The zero-order valence-electron chi connectivity index (χ0n) is 21.3. The average Bonchev–Trinajstić information content (AvgIpc) is 3.75. The lowest BCUT2D eigenvalue weighted by Gasteiger charge is -2.30. The molecule has 6 rings (SSSR count). The first kappa shape index (κ1) is 22.9. The van der Waals surface area contributed by atoms with Gasteiger partial charge in [-0.2, -0.15) is 0 Å². The molecule has 7 heteroatoms. The van der Waals surface area contributed by atoms with Crippen molar-refractivity contribution in [2.75, 3.05) is 36.4 Å². The molecule has 2 fully saturated rings. The first-order valence-electron chi connectivity index (χ1n) is 13.0. The molecule has 0 amide bonds. The zero-order chi connectivity index (χ0) is 24.6. The Hall–Kier alpha value is -3.58. The summed E-state index contributed by atoms with van der Waals surface area (Å²) in [6.07, 6.45) is 8.19. The maximum absolute atomic E-state index is 5.17. The fraction of sp³-hybridized carbons (Fsp3) is 0.379. The van der Waals surface area contributed by atoms with Gasteiger partial charge in [0.25, 0.3) is 0 Å². The molecule has 3 aromatic heterocycles. The van der Waals surface area contributed by atoms with Crippen molar-refractivity contribution in [2.45, 2.75) is 45.4 Å². The fourth-order valence-electron chi connectivity index (χ4n) is 4.94. The Bertz CT molecular complexity index is 1400. The predicted molar refractivity (Wildman–Crippen MR) is 146 cm³/mol. The van der Waals surface area contributed by atoms with Crippen LogP contribution < -0.4 is 15.5 Å². The standard InChI is InChI=1S/C29H33N7/c1-18(2)21-5-4-19(3)24(14-21)33-26-15-22(8-9-32-26)28-34-25-17-31-16-23(20-6-7-20)27(25)29(35-28)36-12-10-30-11-13-36/h4-5,8-9,14-18,20,30H,6-7,10-13H2,1-3H3,(H,32,33). The van der Waals surface area contributed by atoms with E-state index in [4.69, 9.17) is 9.97 Å². The summed E-state index contributed by atoms with van der Waals surface area (Å²) >= 11 is 0. The molecule has 0 bridgehead atoms. The molecule has 4 aromatic rings. The average molecular weight is 480 g/mol. The van der Waals surface area contributed by atoms with Crippen molar-refractivity contribution in [2.24, 2.45) is 0 Å². The molecule has 184 valence electrons. The van der Waals surface area contributed by atoms with Gasteiger partial charge in [0.15, 0.2) is 5.82 Å². The number of nitrogens with one attached hydrogen (secondary N) is 2. The number of hydrogen-bond acceptors (Lipinski definition) is 7. The van der Waals surface area contributed by atoms with Gasteiger partial charge in [-0.05, 0) is 66.5 Å². The Balaban J connectivity index is 1.41. The van der Waals surface area contributed by atoms with Crippen LogP contribution in [-0.4, -0.2) is 46.1 Å². The number of hydrogen-bond donors (Lipinski definition) is 2. The van der Waals surface area contributed by atoms with Gasteiger partial charge in [0.2, 0.25) is 0 Å². The van der Waals surface area contributed by atoms with Crippen LogP contribution in [0.1, 0.15) is 55.2 Å². The van der Waals surface area contributed by atoms with E-state index in [1.807, 2.05) is 30.7 Å². The van der Waals surface area contributed by atoms with Crippen LogP contribution in [0.4, 0.5) is 17.3 Å². The van der Waals surface area contributed by atoms with Crippen molar-refractivity contribution in [3.8, 4) is 11.4 Å². The van der Waals surface area contributed by atoms with Crippen LogP contribution >= 0.6 is 0 Å². The minimum absolute atomic E-state index is 0.467. The zero-order valence-corrected chi connectivity index (χ0v) is 21.3. The maximum atomic E-state index is 5.17. The lowest BCUT2D eigenvalue weighted by atomic mass is 10.0. The van der Waals surface area contributed by atoms with E-state index < -0.39 is 0 Å². The molecule has 1 aliphatic heterocycles. The molecule has 0 radical (unpaired) electrons. The Labute approximate surface area is 212 Å². The Morgan fingerprint density at radius 2 is 1.86 bits per heavy atom. The van der Waals surface area contributed by atoms with E-state index in [0.717, 1.165) is 54.6 Å². The lowest BCUT2D eigenvalue weighted by molar-refractivity contribution is 0.586. The van der Waals surface area contributed by atoms with Crippen LogP contribution in [0.5, 0.6) is 0 Å². The number of aromatic nitrogens is 4. The van der Waals surface area contributed by atoms with Crippen LogP contribution in [0.25, 0.3) is 22.3 Å². The monoisotopic (exact) mass is 479 g/mol. The molecular formula is C29H33N7. The van der Waals surface area contributed by atoms with Crippen molar-refractivity contribution in [3.05, 3.63) is 65.6 Å². The smallest absolute Gasteiger partial charge is 0.162 e. The van der Waals surface area contributed by atoms with Crippen LogP contribution in [0.15, 0.2) is 48.9 Å². The summed E-state index contributed by atoms with van der Waals surface area (Å²) in [6.45, 7) is 10.3. The van der Waals surface area contributed by atoms with Gasteiger partial charge < -0.3 is 15.5 Å². The molecule has 36 heavy (non-hydrogen) atoms. The molecular weight excluding hydrogens is 446 g/mol. The first-order valence-corrected chi connectivity index (χ1v) is 13.0. The molecule has 1 aromatic carbocycles. The second-order valence-electron chi connectivity index (χ2n) is 10.3. The van der Waals surface area contributed by atoms with Crippen molar-refractivity contribution in [1.29, 1.82) is 0 Å². The number of fused-ring (bicyclic) bond motifs is 1. The molecule has 0 spiro atoms. The third-order valence-corrected chi connectivity index (χ3v) is 7.26. The number of piperazine rings is 1. The third-order valence-electron chi connectivity index (χ3n) is 7.26. The predicted octanol–water partition coefficient (Wildman–Crippen LogP) is 5.55. The highest BCUT2D eigenvalue weighted by atomic mass is 15.2. The van der Waals surface area contributed by atoms with Gasteiger partial charge in [-0.3, -0.25) is 4.98 Å². The van der Waals surface area contributed by atoms with Gasteiger partial charge in [-0.1, -0.05) is 26.0 Å². The molecule has 0 unspecified atom stereocenters. The first-order chi connectivity index (χ1) is 17.6. The lowest BCUT2D eigenvalue weighted by Crippen LogP contribution is -2.44. The molecule has 7 nitrogen and oxygen atoms in total. The number of rotatable bonds is 6. The van der Waals surface area contributed by atoms with E-state index in [1.165, 1.54) is 34.9 Å². The number of benzene rings is 1. The van der Waals surface area contributed by atoms with Crippen LogP contribution in [0.2, 0.25) is 0 Å². The number of aryl methyl sites for hydroxylation is 1. The highest BCUT2D eigenvalue weighted by Crippen LogP contribution is 2.44. The van der Waals surface area contributed by atoms with E-state index in [1.54, 1.807) is 0 Å². The van der Waals surface area contributed by atoms with Crippen molar-refractivity contribution in [1.82, 2.24) is 25.3 Å². The molecule has 0 atom stereocenters. The summed E-state index contributed by atoms with van der Waals surface area (Å²) < 4.78 is 0. The molecule has 1 saturated carbocycles. The number of nitrogens with zero attached hydrogens (tertiary/aromatic N) is 5. The van der Waals surface area contributed by atoms with E-state index in [9.17, 15) is 0 Å². The number of anilines is 3.